The highest BCUT2D eigenvalue weighted by atomic mass is 16.1. The van der Waals surface area contributed by atoms with Gasteiger partial charge in [0.2, 0.25) is 6.41 Å². The summed E-state index contributed by atoms with van der Waals surface area (Å²) in [5, 5.41) is 0. The van der Waals surface area contributed by atoms with Gasteiger partial charge in [-0.2, -0.15) is 0 Å². The molecule has 2 heterocycles. The van der Waals surface area contributed by atoms with E-state index in [-0.39, 0.29) is 6.41 Å². The van der Waals surface area contributed by atoms with Gasteiger partial charge in [-0.15, -0.1) is 0 Å². The molecule has 0 bridgehead atoms. The monoisotopic (exact) mass is 391 g/mol. The van der Waals surface area contributed by atoms with Gasteiger partial charge in [-0.3, -0.25) is 9.78 Å². The van der Waals surface area contributed by atoms with E-state index in [4.69, 9.17) is 4.79 Å². The fourth-order valence-corrected chi connectivity index (χ4v) is 3.86. The third-order valence-electron chi connectivity index (χ3n) is 5.39. The molecule has 154 valence electrons. The quantitative estimate of drug-likeness (QED) is 0.544. The summed E-state index contributed by atoms with van der Waals surface area (Å²) in [4.78, 5) is 16.0. The van der Waals surface area contributed by atoms with Crippen LogP contribution in [0.2, 0.25) is 0 Å². The van der Waals surface area contributed by atoms with Crippen molar-refractivity contribution in [3.8, 4) is 11.3 Å². The van der Waals surface area contributed by atoms with Crippen LogP contribution in [0.5, 0.6) is 0 Å². The lowest BCUT2D eigenvalue weighted by Crippen LogP contribution is -2.10. The van der Waals surface area contributed by atoms with Gasteiger partial charge >= 0.3 is 0 Å². The number of nitrogens with two attached hydrogens (primary N) is 1. The van der Waals surface area contributed by atoms with Gasteiger partial charge < -0.3 is 10.7 Å². The first kappa shape index (κ1) is 22.4. The molecule has 3 aromatic rings. The van der Waals surface area contributed by atoms with Crippen LogP contribution in [0.4, 0.5) is 0 Å². The molecule has 1 aliphatic rings. The second-order valence-corrected chi connectivity index (χ2v) is 7.76. The molecule has 0 spiro atoms. The van der Waals surface area contributed by atoms with Crippen LogP contribution in [0.15, 0.2) is 60.9 Å². The number of nitrogens with zero attached hydrogens (tertiary/aromatic N) is 1. The van der Waals surface area contributed by atoms with E-state index in [0.29, 0.717) is 0 Å². The lowest BCUT2D eigenvalue weighted by Gasteiger charge is -2.26. The molecule has 0 unspecified atom stereocenters. The Labute approximate surface area is 174 Å². The number of carbonyl (C=O) groups excluding carboxylic acids is 1. The first-order valence-corrected chi connectivity index (χ1v) is 10.3. The van der Waals surface area contributed by atoms with Crippen molar-refractivity contribution in [3.05, 3.63) is 77.7 Å². The van der Waals surface area contributed by atoms with Crippen LogP contribution in [0.25, 0.3) is 11.3 Å². The molecule has 1 fully saturated rings. The summed E-state index contributed by atoms with van der Waals surface area (Å²) < 4.78 is 0. The van der Waals surface area contributed by atoms with E-state index in [1.165, 1.54) is 42.6 Å². The van der Waals surface area contributed by atoms with Crippen LogP contribution in [0, 0.1) is 19.8 Å². The van der Waals surface area contributed by atoms with Gasteiger partial charge in [-0.1, -0.05) is 50.1 Å². The Morgan fingerprint density at radius 3 is 2.21 bits per heavy atom. The molecule has 2 aromatic heterocycles. The standard InChI is InChI=1S/C13H18.C11H12N2.CH3NO/c1-11-7-9-13(10-8-11)12-5-3-2-4-6-12;1-8-6-9(2)13-11(8)10-4-3-5-12-7-10;2-1-3/h2-6,11,13H,7-10H2,1H3;3-7,13H,1-2H3;1H,(H2,2,3). The number of rotatable bonds is 2. The molecule has 1 amide bonds. The molecule has 4 nitrogen and oxygen atoms in total. The number of hydrogen-bond acceptors (Lipinski definition) is 2. The number of benzene rings is 1. The first-order chi connectivity index (χ1) is 14.0. The second-order valence-electron chi connectivity index (χ2n) is 7.76. The van der Waals surface area contributed by atoms with Crippen molar-refractivity contribution in [1.82, 2.24) is 9.97 Å². The minimum atomic E-state index is 0.250. The van der Waals surface area contributed by atoms with Crippen LogP contribution < -0.4 is 5.73 Å². The highest BCUT2D eigenvalue weighted by molar-refractivity contribution is 5.62. The lowest BCUT2D eigenvalue weighted by molar-refractivity contribution is -0.106. The zero-order valence-corrected chi connectivity index (χ0v) is 17.8. The number of pyridine rings is 1. The van der Waals surface area contributed by atoms with E-state index >= 15 is 0 Å². The number of amides is 1. The third-order valence-corrected chi connectivity index (χ3v) is 5.39. The zero-order valence-electron chi connectivity index (χ0n) is 17.8. The number of nitrogens with one attached hydrogen (secondary N) is 1. The minimum absolute atomic E-state index is 0.250. The highest BCUT2D eigenvalue weighted by Gasteiger charge is 2.18. The number of hydrogen-bond donors (Lipinski definition) is 2. The predicted molar refractivity (Wildman–Crippen MR) is 121 cm³/mol. The average Bonchev–Trinajstić information content (AvgIpc) is 3.09. The van der Waals surface area contributed by atoms with Gasteiger partial charge in [0.25, 0.3) is 0 Å². The maximum Gasteiger partial charge on any atom is 0.204 e. The SMILES string of the molecule is CC1CCC(c2ccccc2)CC1.Cc1cc(C)c(-c2cccnc2)[nH]1.NC=O. The topological polar surface area (TPSA) is 71.8 Å². The zero-order chi connectivity index (χ0) is 21.1. The Morgan fingerprint density at radius 1 is 1.03 bits per heavy atom. The van der Waals surface area contributed by atoms with Crippen LogP contribution in [-0.2, 0) is 4.79 Å². The van der Waals surface area contributed by atoms with E-state index in [1.54, 1.807) is 11.8 Å². The molecule has 0 aliphatic heterocycles. The second kappa shape index (κ2) is 11.8. The fourth-order valence-electron chi connectivity index (χ4n) is 3.86. The number of aromatic amines is 1. The lowest BCUT2D eigenvalue weighted by atomic mass is 9.79. The van der Waals surface area contributed by atoms with Crippen molar-refractivity contribution in [2.75, 3.05) is 0 Å². The molecule has 1 saturated carbocycles. The summed E-state index contributed by atoms with van der Waals surface area (Å²) >= 11 is 0. The van der Waals surface area contributed by atoms with Gasteiger partial charge in [-0.05, 0) is 67.9 Å². The van der Waals surface area contributed by atoms with Gasteiger partial charge in [0.15, 0.2) is 0 Å². The molecule has 3 N–H and O–H groups in total. The largest absolute Gasteiger partial charge is 0.372 e. The molecular weight excluding hydrogens is 358 g/mol. The van der Waals surface area contributed by atoms with Gasteiger partial charge in [-0.25, -0.2) is 0 Å². The molecule has 29 heavy (non-hydrogen) atoms. The Balaban J connectivity index is 0.000000183. The molecular formula is C25H33N3O. The molecule has 1 aliphatic carbocycles. The third kappa shape index (κ3) is 7.22. The maximum absolute atomic E-state index is 8.58. The summed E-state index contributed by atoms with van der Waals surface area (Å²) in [6, 6.07) is 17.1. The fraction of sp³-hybridized carbons (Fsp3) is 0.360. The van der Waals surface area contributed by atoms with Gasteiger partial charge in [0.05, 0.1) is 5.69 Å². The van der Waals surface area contributed by atoms with E-state index in [0.717, 1.165) is 17.4 Å². The van der Waals surface area contributed by atoms with Crippen molar-refractivity contribution >= 4 is 6.41 Å². The Bertz CT molecular complexity index is 835. The van der Waals surface area contributed by atoms with Crippen molar-refractivity contribution in [3.63, 3.8) is 0 Å². The Kier molecular flexibility index (Phi) is 9.16. The van der Waals surface area contributed by atoms with E-state index in [9.17, 15) is 0 Å². The van der Waals surface area contributed by atoms with E-state index in [2.05, 4.69) is 78.9 Å². The van der Waals surface area contributed by atoms with Crippen LogP contribution >= 0.6 is 0 Å². The van der Waals surface area contributed by atoms with Crippen LogP contribution in [0.1, 0.15) is 55.3 Å². The normalized spacial score (nSPS) is 17.9. The summed E-state index contributed by atoms with van der Waals surface area (Å²) in [5.41, 5.74) is 10.5. The number of primary amides is 1. The summed E-state index contributed by atoms with van der Waals surface area (Å²) in [7, 11) is 0. The summed E-state index contributed by atoms with van der Waals surface area (Å²) in [5.74, 6) is 1.80. The molecule has 4 heteroatoms. The summed E-state index contributed by atoms with van der Waals surface area (Å²) in [6.45, 7) is 6.54. The minimum Gasteiger partial charge on any atom is -0.372 e. The summed E-state index contributed by atoms with van der Waals surface area (Å²) in [6.07, 6.45) is 9.53. The Morgan fingerprint density at radius 2 is 1.69 bits per heavy atom. The van der Waals surface area contributed by atoms with Crippen LogP contribution in [0.3, 0.4) is 0 Å². The number of aromatic nitrogens is 2. The predicted octanol–water partition coefficient (Wildman–Crippen LogP) is 5.78. The van der Waals surface area contributed by atoms with Gasteiger partial charge in [0, 0.05) is 23.7 Å². The van der Waals surface area contributed by atoms with E-state index < -0.39 is 0 Å². The molecule has 1 aromatic carbocycles. The molecule has 0 atom stereocenters. The van der Waals surface area contributed by atoms with Crippen LogP contribution in [-0.4, -0.2) is 16.4 Å². The average molecular weight is 392 g/mol. The van der Waals surface area contributed by atoms with Gasteiger partial charge in [0.1, 0.15) is 0 Å². The van der Waals surface area contributed by atoms with Crippen molar-refractivity contribution in [2.24, 2.45) is 11.7 Å². The first-order valence-electron chi connectivity index (χ1n) is 10.3. The number of carbonyl (C=O) groups is 1. The maximum atomic E-state index is 8.58. The van der Waals surface area contributed by atoms with Crippen molar-refractivity contribution < 1.29 is 4.79 Å². The highest BCUT2D eigenvalue weighted by Crippen LogP contribution is 2.35. The molecule has 0 saturated heterocycles. The van der Waals surface area contributed by atoms with E-state index in [1.807, 2.05) is 12.3 Å². The Hall–Kier alpha value is -2.88. The number of aryl methyl sites for hydroxylation is 2. The molecule has 0 radical (unpaired) electrons. The number of H-pyrrole nitrogens is 1. The van der Waals surface area contributed by atoms with Crippen molar-refractivity contribution in [1.29, 1.82) is 0 Å². The van der Waals surface area contributed by atoms with Crippen molar-refractivity contribution in [2.45, 2.75) is 52.4 Å². The molecule has 4 rings (SSSR count). The smallest absolute Gasteiger partial charge is 0.204 e.